The number of hydrogen-bond acceptors (Lipinski definition) is 6. The molecule has 0 radical (unpaired) electrons. The largest absolute Gasteiger partial charge is 0.466 e. The van der Waals surface area contributed by atoms with Crippen LogP contribution in [-0.4, -0.2) is 51.3 Å². The molecular formula is C15H21N3O4. The molecule has 0 saturated carbocycles. The number of aliphatic hydroxyl groups excluding tert-OH is 1. The molecule has 0 heterocycles. The first-order chi connectivity index (χ1) is 10.5. The van der Waals surface area contributed by atoms with Crippen LogP contribution < -0.4 is 15.5 Å². The second-order valence-corrected chi connectivity index (χ2v) is 4.63. The Balaban J connectivity index is 2.90. The van der Waals surface area contributed by atoms with Gasteiger partial charge in [-0.3, -0.25) is 4.79 Å². The number of nitrogens with zero attached hydrogens (tertiary/aromatic N) is 1. The van der Waals surface area contributed by atoms with Crippen LogP contribution in [0.1, 0.15) is 0 Å². The van der Waals surface area contributed by atoms with Crippen LogP contribution in [0.5, 0.6) is 0 Å². The van der Waals surface area contributed by atoms with E-state index in [4.69, 9.17) is 5.11 Å². The average Bonchev–Trinajstić information content (AvgIpc) is 2.52. The summed E-state index contributed by atoms with van der Waals surface area (Å²) >= 11 is 0. The molecule has 0 saturated heterocycles. The fraction of sp³-hybridized carbons (Fsp3) is 0.333. The number of amides is 1. The fourth-order valence-corrected chi connectivity index (χ4v) is 1.60. The van der Waals surface area contributed by atoms with Crippen LogP contribution in [0.25, 0.3) is 0 Å². The van der Waals surface area contributed by atoms with Gasteiger partial charge < -0.3 is 25.4 Å². The Morgan fingerprint density at radius 2 is 1.91 bits per heavy atom. The summed E-state index contributed by atoms with van der Waals surface area (Å²) < 4.78 is 4.53. The summed E-state index contributed by atoms with van der Waals surface area (Å²) in [4.78, 5) is 25.3. The summed E-state index contributed by atoms with van der Waals surface area (Å²) in [6, 6.07) is 7.34. The summed E-state index contributed by atoms with van der Waals surface area (Å²) in [5.74, 6) is -1.15. The van der Waals surface area contributed by atoms with E-state index in [-0.39, 0.29) is 18.8 Å². The molecule has 0 aliphatic rings. The quantitative estimate of drug-likeness (QED) is 0.497. The number of hydrogen-bond donors (Lipinski definition) is 3. The van der Waals surface area contributed by atoms with Gasteiger partial charge in [0.05, 0.1) is 19.8 Å². The van der Waals surface area contributed by atoms with E-state index in [1.165, 1.54) is 7.11 Å². The van der Waals surface area contributed by atoms with E-state index >= 15 is 0 Å². The van der Waals surface area contributed by atoms with Crippen LogP contribution in [0.15, 0.2) is 36.0 Å². The van der Waals surface area contributed by atoms with Crippen molar-refractivity contribution >= 4 is 23.3 Å². The first kappa shape index (κ1) is 17.5. The minimum atomic E-state index is -0.647. The summed E-state index contributed by atoms with van der Waals surface area (Å²) in [7, 11) is 5.08. The van der Waals surface area contributed by atoms with Crippen molar-refractivity contribution in [1.29, 1.82) is 0 Å². The number of nitrogens with one attached hydrogen (secondary N) is 2. The molecule has 22 heavy (non-hydrogen) atoms. The molecule has 1 aromatic carbocycles. The SMILES string of the molecule is COC(=O)/C=C(\Nc1ccc(N(C)C)cc1)C(=O)NCCO. The maximum atomic E-state index is 12.0. The minimum Gasteiger partial charge on any atom is -0.466 e. The van der Waals surface area contributed by atoms with Crippen LogP contribution in [0.2, 0.25) is 0 Å². The van der Waals surface area contributed by atoms with E-state index in [1.807, 2.05) is 31.1 Å². The standard InChI is InChI=1S/C15H21N3O4/c1-18(2)12-6-4-11(5-7-12)17-13(10-14(20)22-3)15(21)16-8-9-19/h4-7,10,17,19H,8-9H2,1-3H3,(H,16,21)/b13-10-. The van der Waals surface area contributed by atoms with Crippen molar-refractivity contribution in [1.82, 2.24) is 5.32 Å². The summed E-state index contributed by atoms with van der Waals surface area (Å²) in [5, 5.41) is 14.1. The Hall–Kier alpha value is -2.54. The van der Waals surface area contributed by atoms with Crippen molar-refractivity contribution in [2.24, 2.45) is 0 Å². The lowest BCUT2D eigenvalue weighted by Gasteiger charge is -2.14. The maximum Gasteiger partial charge on any atom is 0.332 e. The third kappa shape index (κ3) is 5.45. The van der Waals surface area contributed by atoms with Crippen molar-refractivity contribution in [3.63, 3.8) is 0 Å². The molecule has 120 valence electrons. The highest BCUT2D eigenvalue weighted by Gasteiger charge is 2.12. The minimum absolute atomic E-state index is 0.0397. The normalized spacial score (nSPS) is 10.8. The van der Waals surface area contributed by atoms with Gasteiger partial charge in [-0.15, -0.1) is 0 Å². The summed E-state index contributed by atoms with van der Waals surface area (Å²) in [5.41, 5.74) is 1.70. The molecule has 0 aromatic heterocycles. The second kappa shape index (κ2) is 8.68. The highest BCUT2D eigenvalue weighted by molar-refractivity contribution is 6.01. The Kier molecular flexibility index (Phi) is 6.91. The molecule has 3 N–H and O–H groups in total. The van der Waals surface area contributed by atoms with Crippen molar-refractivity contribution in [3.05, 3.63) is 36.0 Å². The monoisotopic (exact) mass is 307 g/mol. The lowest BCUT2D eigenvalue weighted by atomic mass is 10.2. The van der Waals surface area contributed by atoms with E-state index in [9.17, 15) is 9.59 Å². The zero-order valence-corrected chi connectivity index (χ0v) is 12.9. The van der Waals surface area contributed by atoms with Gasteiger partial charge in [0.25, 0.3) is 5.91 Å². The molecule has 1 aromatic rings. The highest BCUT2D eigenvalue weighted by atomic mass is 16.5. The van der Waals surface area contributed by atoms with Gasteiger partial charge in [-0.05, 0) is 24.3 Å². The molecule has 0 fully saturated rings. The second-order valence-electron chi connectivity index (χ2n) is 4.63. The number of benzene rings is 1. The third-order valence-corrected chi connectivity index (χ3v) is 2.77. The number of ether oxygens (including phenoxy) is 1. The van der Waals surface area contributed by atoms with Crippen LogP contribution in [0, 0.1) is 0 Å². The molecule has 0 atom stereocenters. The third-order valence-electron chi connectivity index (χ3n) is 2.77. The fourth-order valence-electron chi connectivity index (χ4n) is 1.60. The van der Waals surface area contributed by atoms with Gasteiger partial charge in [-0.25, -0.2) is 4.79 Å². The number of aliphatic hydroxyl groups is 1. The predicted molar refractivity (Wildman–Crippen MR) is 84.6 cm³/mol. The topological polar surface area (TPSA) is 90.9 Å². The molecule has 1 rings (SSSR count). The highest BCUT2D eigenvalue weighted by Crippen LogP contribution is 2.17. The Bertz CT molecular complexity index is 538. The van der Waals surface area contributed by atoms with Gasteiger partial charge in [0.2, 0.25) is 0 Å². The molecule has 7 nitrogen and oxygen atoms in total. The molecule has 7 heteroatoms. The summed E-state index contributed by atoms with van der Waals surface area (Å²) in [6.45, 7) is -0.0899. The molecule has 0 unspecified atom stereocenters. The first-order valence-corrected chi connectivity index (χ1v) is 6.71. The Labute approximate surface area is 129 Å². The Morgan fingerprint density at radius 3 is 2.41 bits per heavy atom. The zero-order chi connectivity index (χ0) is 16.5. The number of carbonyl (C=O) groups excluding carboxylic acids is 2. The van der Waals surface area contributed by atoms with Crippen molar-refractivity contribution < 1.29 is 19.4 Å². The van der Waals surface area contributed by atoms with Gasteiger partial charge in [-0.1, -0.05) is 0 Å². The van der Waals surface area contributed by atoms with E-state index in [0.717, 1.165) is 11.8 Å². The van der Waals surface area contributed by atoms with Crippen LogP contribution >= 0.6 is 0 Å². The number of methoxy groups -OCH3 is 1. The van der Waals surface area contributed by atoms with Gasteiger partial charge in [0.15, 0.2) is 0 Å². The molecule has 0 aliphatic carbocycles. The van der Waals surface area contributed by atoms with Crippen molar-refractivity contribution in [3.8, 4) is 0 Å². The predicted octanol–water partition coefficient (Wildman–Crippen LogP) is 0.330. The van der Waals surface area contributed by atoms with Gasteiger partial charge in [0, 0.05) is 32.0 Å². The van der Waals surface area contributed by atoms with Crippen LogP contribution in [0.4, 0.5) is 11.4 Å². The molecule has 0 spiro atoms. The summed E-state index contributed by atoms with van der Waals surface area (Å²) in [6.07, 6.45) is 1.06. The molecular weight excluding hydrogens is 286 g/mol. The lowest BCUT2D eigenvalue weighted by molar-refractivity contribution is -0.135. The van der Waals surface area contributed by atoms with E-state index < -0.39 is 11.9 Å². The van der Waals surface area contributed by atoms with Crippen molar-refractivity contribution in [2.75, 3.05) is 44.6 Å². The molecule has 0 aliphatic heterocycles. The number of carbonyl (C=O) groups is 2. The van der Waals surface area contributed by atoms with Crippen molar-refractivity contribution in [2.45, 2.75) is 0 Å². The zero-order valence-electron chi connectivity index (χ0n) is 12.9. The van der Waals surface area contributed by atoms with Crippen LogP contribution in [0.3, 0.4) is 0 Å². The Morgan fingerprint density at radius 1 is 1.27 bits per heavy atom. The lowest BCUT2D eigenvalue weighted by Crippen LogP contribution is -2.31. The first-order valence-electron chi connectivity index (χ1n) is 6.71. The average molecular weight is 307 g/mol. The number of rotatable bonds is 7. The van der Waals surface area contributed by atoms with E-state index in [2.05, 4.69) is 15.4 Å². The van der Waals surface area contributed by atoms with Gasteiger partial charge in [0.1, 0.15) is 5.70 Å². The van der Waals surface area contributed by atoms with Gasteiger partial charge >= 0.3 is 5.97 Å². The number of esters is 1. The van der Waals surface area contributed by atoms with E-state index in [0.29, 0.717) is 5.69 Å². The van der Waals surface area contributed by atoms with E-state index in [1.54, 1.807) is 12.1 Å². The maximum absolute atomic E-state index is 12.0. The molecule has 0 bridgehead atoms. The number of anilines is 2. The van der Waals surface area contributed by atoms with Gasteiger partial charge in [-0.2, -0.15) is 0 Å². The molecule has 1 amide bonds. The smallest absolute Gasteiger partial charge is 0.332 e. The van der Waals surface area contributed by atoms with Crippen LogP contribution in [-0.2, 0) is 14.3 Å².